The zero-order chi connectivity index (χ0) is 13.8. The molecule has 1 aromatic heterocycles. The minimum Gasteiger partial charge on any atom is -0.326 e. The predicted octanol–water partition coefficient (Wildman–Crippen LogP) is 2.43. The molecular formula is C15H27N3S. The predicted molar refractivity (Wildman–Crippen MR) is 83.6 cm³/mol. The van der Waals surface area contributed by atoms with Crippen LogP contribution in [0.2, 0.25) is 0 Å². The van der Waals surface area contributed by atoms with Crippen molar-refractivity contribution in [1.82, 2.24) is 9.80 Å². The molecule has 0 spiro atoms. The summed E-state index contributed by atoms with van der Waals surface area (Å²) in [5.74, 6) is 0. The van der Waals surface area contributed by atoms with Gasteiger partial charge in [0.1, 0.15) is 0 Å². The lowest BCUT2D eigenvalue weighted by Crippen LogP contribution is -2.49. The first-order valence-corrected chi connectivity index (χ1v) is 8.20. The molecule has 1 aromatic rings. The number of rotatable bonds is 5. The summed E-state index contributed by atoms with van der Waals surface area (Å²) in [7, 11) is 0. The van der Waals surface area contributed by atoms with Gasteiger partial charge in [0.05, 0.1) is 0 Å². The van der Waals surface area contributed by atoms with Gasteiger partial charge < -0.3 is 5.73 Å². The molecule has 1 saturated heterocycles. The summed E-state index contributed by atoms with van der Waals surface area (Å²) in [4.78, 5) is 7.94. The fraction of sp³-hybridized carbons (Fsp3) is 0.733. The van der Waals surface area contributed by atoms with Crippen molar-refractivity contribution in [3.8, 4) is 0 Å². The third-order valence-electron chi connectivity index (χ3n) is 4.29. The van der Waals surface area contributed by atoms with E-state index in [0.717, 1.165) is 12.6 Å². The molecule has 0 aromatic carbocycles. The molecule has 0 saturated carbocycles. The topological polar surface area (TPSA) is 32.5 Å². The number of nitrogens with zero attached hydrogens (tertiary/aromatic N) is 2. The second-order valence-electron chi connectivity index (χ2n) is 5.57. The summed E-state index contributed by atoms with van der Waals surface area (Å²) in [5.41, 5.74) is 7.20. The van der Waals surface area contributed by atoms with Crippen LogP contribution in [-0.4, -0.2) is 42.0 Å². The minimum atomic E-state index is 0.674. The normalized spacial score (nSPS) is 19.8. The Hall–Kier alpha value is -0.420. The van der Waals surface area contributed by atoms with Gasteiger partial charge in [-0.2, -0.15) is 0 Å². The molecule has 2 heterocycles. The first-order chi connectivity index (χ1) is 9.13. The van der Waals surface area contributed by atoms with Gasteiger partial charge >= 0.3 is 0 Å². The van der Waals surface area contributed by atoms with Crippen molar-refractivity contribution in [2.75, 3.05) is 26.2 Å². The average molecular weight is 281 g/mol. The number of hydrogen-bond acceptors (Lipinski definition) is 4. The molecule has 4 heteroatoms. The Morgan fingerprint density at radius 3 is 2.53 bits per heavy atom. The van der Waals surface area contributed by atoms with Gasteiger partial charge in [0, 0.05) is 55.1 Å². The Kier molecular flexibility index (Phi) is 5.39. The van der Waals surface area contributed by atoms with Crippen LogP contribution in [0.5, 0.6) is 0 Å². The van der Waals surface area contributed by atoms with Gasteiger partial charge in [-0.15, -0.1) is 11.3 Å². The minimum absolute atomic E-state index is 0.674. The fourth-order valence-electron chi connectivity index (χ4n) is 2.71. The van der Waals surface area contributed by atoms with Crippen molar-refractivity contribution in [2.24, 2.45) is 5.73 Å². The first-order valence-electron chi connectivity index (χ1n) is 7.38. The highest BCUT2D eigenvalue weighted by atomic mass is 32.1. The van der Waals surface area contributed by atoms with E-state index in [-0.39, 0.29) is 0 Å². The molecule has 1 atom stereocenters. The second kappa shape index (κ2) is 6.84. The van der Waals surface area contributed by atoms with Crippen molar-refractivity contribution >= 4 is 11.3 Å². The molecule has 108 valence electrons. The number of aryl methyl sites for hydroxylation is 1. The Morgan fingerprint density at radius 1 is 1.32 bits per heavy atom. The van der Waals surface area contributed by atoms with Crippen molar-refractivity contribution in [1.29, 1.82) is 0 Å². The number of piperazine rings is 1. The SMILES string of the molecule is CCC(C)N1CCN(Cc2cc(CN)sc2C)CC1. The van der Waals surface area contributed by atoms with Crippen molar-refractivity contribution < 1.29 is 0 Å². The molecule has 2 rings (SSSR count). The van der Waals surface area contributed by atoms with Crippen molar-refractivity contribution in [3.63, 3.8) is 0 Å². The molecule has 0 bridgehead atoms. The van der Waals surface area contributed by atoms with Crippen LogP contribution < -0.4 is 5.73 Å². The second-order valence-corrected chi connectivity index (χ2v) is 6.91. The summed E-state index contributed by atoms with van der Waals surface area (Å²) in [6.45, 7) is 13.4. The highest BCUT2D eigenvalue weighted by Gasteiger charge is 2.20. The standard InChI is InChI=1S/C15H27N3S/c1-4-12(2)18-7-5-17(6-8-18)11-14-9-15(10-16)19-13(14)3/h9,12H,4-8,10-11,16H2,1-3H3. The van der Waals surface area contributed by atoms with Gasteiger partial charge in [0.25, 0.3) is 0 Å². The van der Waals surface area contributed by atoms with Crippen LogP contribution in [0.4, 0.5) is 0 Å². The molecule has 1 aliphatic rings. The highest BCUT2D eigenvalue weighted by molar-refractivity contribution is 7.12. The third-order valence-corrected chi connectivity index (χ3v) is 5.40. The zero-order valence-electron chi connectivity index (χ0n) is 12.5. The smallest absolute Gasteiger partial charge is 0.0274 e. The fourth-order valence-corrected chi connectivity index (χ4v) is 3.64. The van der Waals surface area contributed by atoms with E-state index in [2.05, 4.69) is 36.6 Å². The average Bonchev–Trinajstić information content (AvgIpc) is 2.79. The molecule has 19 heavy (non-hydrogen) atoms. The maximum atomic E-state index is 5.72. The van der Waals surface area contributed by atoms with E-state index in [0.29, 0.717) is 6.54 Å². The van der Waals surface area contributed by atoms with E-state index in [9.17, 15) is 0 Å². The van der Waals surface area contributed by atoms with Crippen LogP contribution in [0.25, 0.3) is 0 Å². The van der Waals surface area contributed by atoms with E-state index >= 15 is 0 Å². The molecule has 1 unspecified atom stereocenters. The summed E-state index contributed by atoms with van der Waals surface area (Å²) >= 11 is 1.85. The van der Waals surface area contributed by atoms with E-state index in [1.165, 1.54) is 47.9 Å². The molecule has 3 nitrogen and oxygen atoms in total. The van der Waals surface area contributed by atoms with Crippen molar-refractivity contribution in [3.05, 3.63) is 21.4 Å². The molecule has 1 aliphatic heterocycles. The maximum absolute atomic E-state index is 5.72. The lowest BCUT2D eigenvalue weighted by atomic mass is 10.1. The summed E-state index contributed by atoms with van der Waals surface area (Å²) in [6.07, 6.45) is 1.25. The quantitative estimate of drug-likeness (QED) is 0.900. The van der Waals surface area contributed by atoms with Crippen LogP contribution >= 0.6 is 11.3 Å². The molecule has 0 radical (unpaired) electrons. The van der Waals surface area contributed by atoms with Gasteiger partial charge in [-0.3, -0.25) is 9.80 Å². The Morgan fingerprint density at radius 2 is 2.00 bits per heavy atom. The van der Waals surface area contributed by atoms with Crippen LogP contribution in [-0.2, 0) is 13.1 Å². The van der Waals surface area contributed by atoms with E-state index < -0.39 is 0 Å². The van der Waals surface area contributed by atoms with Crippen LogP contribution in [0.3, 0.4) is 0 Å². The van der Waals surface area contributed by atoms with Gasteiger partial charge in [0.15, 0.2) is 0 Å². The monoisotopic (exact) mass is 281 g/mol. The van der Waals surface area contributed by atoms with Gasteiger partial charge in [-0.1, -0.05) is 6.92 Å². The largest absolute Gasteiger partial charge is 0.326 e. The van der Waals surface area contributed by atoms with E-state index in [1.54, 1.807) is 0 Å². The molecule has 2 N–H and O–H groups in total. The van der Waals surface area contributed by atoms with Crippen molar-refractivity contribution in [2.45, 2.75) is 46.3 Å². The van der Waals surface area contributed by atoms with Crippen LogP contribution in [0, 0.1) is 6.92 Å². The lowest BCUT2D eigenvalue weighted by molar-refractivity contribution is 0.0963. The molecular weight excluding hydrogens is 254 g/mol. The number of hydrogen-bond donors (Lipinski definition) is 1. The van der Waals surface area contributed by atoms with Gasteiger partial charge in [0.2, 0.25) is 0 Å². The van der Waals surface area contributed by atoms with Crippen LogP contribution in [0.1, 0.15) is 35.6 Å². The molecule has 1 fully saturated rings. The maximum Gasteiger partial charge on any atom is 0.0274 e. The number of nitrogens with two attached hydrogens (primary N) is 1. The first kappa shape index (κ1) is 15.0. The summed E-state index contributed by atoms with van der Waals surface area (Å²) in [5, 5.41) is 0. The van der Waals surface area contributed by atoms with E-state index in [4.69, 9.17) is 5.73 Å². The molecule has 0 aliphatic carbocycles. The summed E-state index contributed by atoms with van der Waals surface area (Å²) < 4.78 is 0. The Bertz CT molecular complexity index is 394. The summed E-state index contributed by atoms with van der Waals surface area (Å²) in [6, 6.07) is 3.02. The van der Waals surface area contributed by atoms with E-state index in [1.807, 2.05) is 11.3 Å². The lowest BCUT2D eigenvalue weighted by Gasteiger charge is -2.37. The van der Waals surface area contributed by atoms with Gasteiger partial charge in [-0.25, -0.2) is 0 Å². The molecule has 0 amide bonds. The third kappa shape index (κ3) is 3.78. The highest BCUT2D eigenvalue weighted by Crippen LogP contribution is 2.23. The Labute approximate surface area is 121 Å². The Balaban J connectivity index is 1.86. The van der Waals surface area contributed by atoms with Gasteiger partial charge in [-0.05, 0) is 31.9 Å². The number of thiophene rings is 1. The zero-order valence-corrected chi connectivity index (χ0v) is 13.3. The van der Waals surface area contributed by atoms with Crippen LogP contribution in [0.15, 0.2) is 6.07 Å².